The summed E-state index contributed by atoms with van der Waals surface area (Å²) in [4.78, 5) is 45.0. The Hall–Kier alpha value is -2.56. The van der Waals surface area contributed by atoms with Crippen LogP contribution in [0.4, 0.5) is 0 Å². The van der Waals surface area contributed by atoms with Crippen molar-refractivity contribution in [3.05, 3.63) is 45.3 Å². The van der Waals surface area contributed by atoms with E-state index in [1.54, 1.807) is 6.92 Å². The van der Waals surface area contributed by atoms with E-state index in [4.69, 9.17) is 40.9 Å². The molecule has 2 N–H and O–H groups in total. The number of aliphatic carboxylic acids is 2. The number of benzene rings is 1. The molecule has 0 saturated heterocycles. The molecular weight excluding hydrogens is 450 g/mol. The molecule has 0 unspecified atom stereocenters. The Bertz CT molecular complexity index is 830. The largest absolute Gasteiger partial charge is 0.473 e. The Kier molecular flexibility index (Phi) is 11.7. The second-order valence-corrected chi connectivity index (χ2v) is 7.63. The predicted octanol–water partition coefficient (Wildman–Crippen LogP) is 2.42. The van der Waals surface area contributed by atoms with E-state index in [9.17, 15) is 9.59 Å². The summed E-state index contributed by atoms with van der Waals surface area (Å²) < 4.78 is 9.86. The summed E-state index contributed by atoms with van der Waals surface area (Å²) in [5.74, 6) is -4.07. The smallest absolute Gasteiger partial charge is 0.414 e. The van der Waals surface area contributed by atoms with Gasteiger partial charge in [0.2, 0.25) is 0 Å². The third-order valence-corrected chi connectivity index (χ3v) is 5.56. The standard InChI is InChI=1S/C18H22ClNO4S.C2H2O4/c1-3-24-17(21)12-25-16-8-9-20(11-14(16)18(22)23-2)10-13-6-4-5-7-15(13)19;3-1(4)2(5)6/h4-7H,3,8-12H2,1-2H3;(H,3,4)(H,5,6). The van der Waals surface area contributed by atoms with Crippen molar-refractivity contribution < 1.29 is 38.9 Å². The number of methoxy groups -OCH3 is 1. The van der Waals surface area contributed by atoms with Gasteiger partial charge in [0, 0.05) is 24.7 Å². The van der Waals surface area contributed by atoms with Crippen LogP contribution < -0.4 is 0 Å². The molecular formula is C20H24ClNO8S. The highest BCUT2D eigenvalue weighted by molar-refractivity contribution is 8.03. The molecule has 0 radical (unpaired) electrons. The summed E-state index contributed by atoms with van der Waals surface area (Å²) in [6, 6.07) is 7.68. The molecule has 2 rings (SSSR count). The van der Waals surface area contributed by atoms with E-state index >= 15 is 0 Å². The SMILES string of the molecule is CCOC(=O)CSC1=C(C(=O)OC)CN(Cc2ccccc2Cl)CC1.O=C(O)C(=O)O. The van der Waals surface area contributed by atoms with Crippen molar-refractivity contribution in [2.45, 2.75) is 19.9 Å². The molecule has 0 saturated carbocycles. The van der Waals surface area contributed by atoms with Gasteiger partial charge >= 0.3 is 23.9 Å². The number of hydrogen-bond acceptors (Lipinski definition) is 8. The highest BCUT2D eigenvalue weighted by atomic mass is 35.5. The topological polar surface area (TPSA) is 130 Å². The Balaban J connectivity index is 0.000000703. The van der Waals surface area contributed by atoms with Gasteiger partial charge < -0.3 is 19.7 Å². The van der Waals surface area contributed by atoms with Gasteiger partial charge in [-0.05, 0) is 29.9 Å². The van der Waals surface area contributed by atoms with E-state index in [1.807, 2.05) is 24.3 Å². The van der Waals surface area contributed by atoms with E-state index in [0.717, 1.165) is 17.0 Å². The number of carboxylic acids is 2. The fraction of sp³-hybridized carbons (Fsp3) is 0.400. The van der Waals surface area contributed by atoms with Crippen molar-refractivity contribution in [3.8, 4) is 0 Å². The van der Waals surface area contributed by atoms with Gasteiger partial charge in [0.05, 0.1) is 25.0 Å². The summed E-state index contributed by atoms with van der Waals surface area (Å²) in [5.41, 5.74) is 1.63. The fourth-order valence-electron chi connectivity index (χ4n) is 2.61. The summed E-state index contributed by atoms with van der Waals surface area (Å²) in [6.45, 7) is 4.05. The molecule has 0 bridgehead atoms. The minimum absolute atomic E-state index is 0.203. The minimum Gasteiger partial charge on any atom is -0.473 e. The molecule has 0 fully saturated rings. The zero-order chi connectivity index (χ0) is 23.4. The second kappa shape index (κ2) is 13.7. The van der Waals surface area contributed by atoms with Gasteiger partial charge in [-0.2, -0.15) is 0 Å². The molecule has 9 nitrogen and oxygen atoms in total. The number of rotatable bonds is 7. The van der Waals surface area contributed by atoms with E-state index in [0.29, 0.717) is 36.7 Å². The van der Waals surface area contributed by atoms with Crippen LogP contribution in [0.5, 0.6) is 0 Å². The summed E-state index contributed by atoms with van der Waals surface area (Å²) in [7, 11) is 1.37. The molecule has 1 aromatic carbocycles. The minimum atomic E-state index is -1.82. The van der Waals surface area contributed by atoms with Gasteiger partial charge in [0.1, 0.15) is 0 Å². The monoisotopic (exact) mass is 473 g/mol. The molecule has 170 valence electrons. The summed E-state index contributed by atoms with van der Waals surface area (Å²) >= 11 is 7.59. The molecule has 1 aliphatic heterocycles. The normalized spacial score (nSPS) is 13.6. The number of carboxylic acid groups (broad SMARTS) is 2. The number of esters is 2. The third kappa shape index (κ3) is 9.41. The lowest BCUT2D eigenvalue weighted by atomic mass is 10.1. The average Bonchev–Trinajstić information content (AvgIpc) is 2.74. The number of thioether (sulfide) groups is 1. The van der Waals surface area contributed by atoms with Crippen LogP contribution in [0.1, 0.15) is 18.9 Å². The Morgan fingerprint density at radius 1 is 1.16 bits per heavy atom. The number of hydrogen-bond donors (Lipinski definition) is 2. The molecule has 1 heterocycles. The molecule has 31 heavy (non-hydrogen) atoms. The molecule has 0 aliphatic carbocycles. The van der Waals surface area contributed by atoms with Gasteiger partial charge in [0.15, 0.2) is 0 Å². The van der Waals surface area contributed by atoms with E-state index in [2.05, 4.69) is 4.90 Å². The van der Waals surface area contributed by atoms with Gasteiger partial charge in [-0.25, -0.2) is 14.4 Å². The lowest BCUT2D eigenvalue weighted by Crippen LogP contribution is -2.34. The predicted molar refractivity (Wildman–Crippen MR) is 115 cm³/mol. The van der Waals surface area contributed by atoms with E-state index in [1.165, 1.54) is 18.9 Å². The first-order chi connectivity index (χ1) is 14.7. The molecule has 0 amide bonds. The molecule has 1 aromatic rings. The first-order valence-corrected chi connectivity index (χ1v) is 10.6. The fourth-order valence-corrected chi connectivity index (χ4v) is 3.74. The Labute approximate surface area is 188 Å². The molecule has 11 heteroatoms. The molecule has 0 atom stereocenters. The first kappa shape index (κ1) is 26.5. The highest BCUT2D eigenvalue weighted by Crippen LogP contribution is 2.30. The molecule has 0 aromatic heterocycles. The number of carbonyl (C=O) groups is 4. The van der Waals surface area contributed by atoms with Crippen molar-refractivity contribution in [1.82, 2.24) is 4.90 Å². The lowest BCUT2D eigenvalue weighted by Gasteiger charge is -2.29. The van der Waals surface area contributed by atoms with Crippen molar-refractivity contribution in [3.63, 3.8) is 0 Å². The quantitative estimate of drug-likeness (QED) is 0.449. The van der Waals surface area contributed by atoms with Gasteiger partial charge in [-0.1, -0.05) is 29.8 Å². The molecule has 0 spiro atoms. The van der Waals surface area contributed by atoms with Crippen LogP contribution in [0.25, 0.3) is 0 Å². The molecule has 1 aliphatic rings. The maximum Gasteiger partial charge on any atom is 0.414 e. The van der Waals surface area contributed by atoms with Crippen molar-refractivity contribution in [2.24, 2.45) is 0 Å². The van der Waals surface area contributed by atoms with Crippen LogP contribution in [0.3, 0.4) is 0 Å². The zero-order valence-electron chi connectivity index (χ0n) is 17.1. The van der Waals surface area contributed by atoms with Crippen LogP contribution >= 0.6 is 23.4 Å². The first-order valence-electron chi connectivity index (χ1n) is 9.20. The van der Waals surface area contributed by atoms with Crippen LogP contribution in [-0.4, -0.2) is 71.5 Å². The number of halogens is 1. The number of carbonyl (C=O) groups excluding carboxylic acids is 2. The second-order valence-electron chi connectivity index (χ2n) is 6.15. The zero-order valence-corrected chi connectivity index (χ0v) is 18.7. The third-order valence-electron chi connectivity index (χ3n) is 4.01. The van der Waals surface area contributed by atoms with Crippen LogP contribution in [-0.2, 0) is 35.2 Å². The number of nitrogens with zero attached hydrogens (tertiary/aromatic N) is 1. The summed E-state index contributed by atoms with van der Waals surface area (Å²) in [5, 5.41) is 15.5. The van der Waals surface area contributed by atoms with Crippen molar-refractivity contribution >= 4 is 47.2 Å². The van der Waals surface area contributed by atoms with Crippen LogP contribution in [0.15, 0.2) is 34.7 Å². The summed E-state index contributed by atoms with van der Waals surface area (Å²) in [6.07, 6.45) is 0.693. The maximum atomic E-state index is 12.2. The van der Waals surface area contributed by atoms with Crippen LogP contribution in [0.2, 0.25) is 5.02 Å². The lowest BCUT2D eigenvalue weighted by molar-refractivity contribution is -0.159. The van der Waals surface area contributed by atoms with Gasteiger partial charge in [-0.3, -0.25) is 9.69 Å². The van der Waals surface area contributed by atoms with Gasteiger partial charge in [-0.15, -0.1) is 11.8 Å². The van der Waals surface area contributed by atoms with Crippen molar-refractivity contribution in [2.75, 3.05) is 32.6 Å². The Morgan fingerprint density at radius 2 is 1.81 bits per heavy atom. The Morgan fingerprint density at radius 3 is 2.35 bits per heavy atom. The van der Waals surface area contributed by atoms with Gasteiger partial charge in [0.25, 0.3) is 0 Å². The van der Waals surface area contributed by atoms with E-state index in [-0.39, 0.29) is 17.7 Å². The van der Waals surface area contributed by atoms with E-state index < -0.39 is 11.9 Å². The van der Waals surface area contributed by atoms with Crippen LogP contribution in [0, 0.1) is 0 Å². The maximum absolute atomic E-state index is 12.2. The highest BCUT2D eigenvalue weighted by Gasteiger charge is 2.25. The number of ether oxygens (including phenoxy) is 2. The van der Waals surface area contributed by atoms with Crippen molar-refractivity contribution in [1.29, 1.82) is 0 Å². The average molecular weight is 474 g/mol.